The van der Waals surface area contributed by atoms with E-state index >= 15 is 0 Å². The molecule has 0 aliphatic rings. The fraction of sp³-hybridized carbons (Fsp3) is 0.333. The molecule has 0 aliphatic heterocycles. The van der Waals surface area contributed by atoms with Crippen LogP contribution in [0.15, 0.2) is 22.8 Å². The normalized spacial score (nSPS) is 11.8. The maximum Gasteiger partial charge on any atom is 0.125 e. The molecule has 1 aromatic rings. The van der Waals surface area contributed by atoms with Crippen molar-refractivity contribution in [2.24, 2.45) is 5.92 Å². The highest BCUT2D eigenvalue weighted by molar-refractivity contribution is 9.10. The molecule has 1 atom stereocenters. The van der Waals surface area contributed by atoms with Gasteiger partial charge in [0.1, 0.15) is 5.82 Å². The van der Waals surface area contributed by atoms with Gasteiger partial charge in [-0.25, -0.2) is 4.98 Å². The molecule has 0 amide bonds. The molecule has 3 nitrogen and oxygen atoms in total. The smallest absolute Gasteiger partial charge is 0.125 e. The summed E-state index contributed by atoms with van der Waals surface area (Å²) in [6, 6.07) is 5.93. The molecule has 68 valence electrons. The molecular formula is C9H10BrN3. The Kier molecular flexibility index (Phi) is 3.71. The second-order valence-corrected chi connectivity index (χ2v) is 3.69. The van der Waals surface area contributed by atoms with E-state index < -0.39 is 0 Å². The van der Waals surface area contributed by atoms with Crippen LogP contribution < -0.4 is 5.32 Å². The van der Waals surface area contributed by atoms with Crippen LogP contribution in [0.2, 0.25) is 0 Å². The molecule has 1 unspecified atom stereocenters. The Morgan fingerprint density at radius 2 is 2.46 bits per heavy atom. The van der Waals surface area contributed by atoms with E-state index in [9.17, 15) is 0 Å². The fourth-order valence-electron chi connectivity index (χ4n) is 0.784. The number of aromatic nitrogens is 1. The molecule has 1 aromatic heterocycles. The molecule has 0 bridgehead atoms. The molecule has 4 heteroatoms. The summed E-state index contributed by atoms with van der Waals surface area (Å²) >= 11 is 3.30. The number of hydrogen-bond donors (Lipinski definition) is 1. The van der Waals surface area contributed by atoms with Crippen LogP contribution in [0.4, 0.5) is 5.82 Å². The van der Waals surface area contributed by atoms with Crippen molar-refractivity contribution >= 4 is 21.7 Å². The molecule has 1 heterocycles. The third kappa shape index (κ3) is 3.43. The Morgan fingerprint density at radius 3 is 3.00 bits per heavy atom. The van der Waals surface area contributed by atoms with Crippen LogP contribution in [0.5, 0.6) is 0 Å². The maximum absolute atomic E-state index is 8.54. The third-order valence-corrected chi connectivity index (χ3v) is 2.01. The highest BCUT2D eigenvalue weighted by Crippen LogP contribution is 2.10. The summed E-state index contributed by atoms with van der Waals surface area (Å²) in [5.74, 6) is 0.802. The van der Waals surface area contributed by atoms with E-state index in [1.165, 1.54) is 0 Å². The van der Waals surface area contributed by atoms with Gasteiger partial charge in [-0.1, -0.05) is 0 Å². The molecule has 0 saturated heterocycles. The summed E-state index contributed by atoms with van der Waals surface area (Å²) in [6.45, 7) is 2.50. The van der Waals surface area contributed by atoms with Gasteiger partial charge in [0.25, 0.3) is 0 Å². The largest absolute Gasteiger partial charge is 0.369 e. The second kappa shape index (κ2) is 4.83. The van der Waals surface area contributed by atoms with Gasteiger partial charge in [-0.2, -0.15) is 5.26 Å². The molecular weight excluding hydrogens is 230 g/mol. The second-order valence-electron chi connectivity index (χ2n) is 2.77. The number of anilines is 1. The Labute approximate surface area is 85.9 Å². The molecule has 1 N–H and O–H groups in total. The van der Waals surface area contributed by atoms with E-state index in [2.05, 4.69) is 32.3 Å². The molecule has 0 aromatic carbocycles. The molecule has 13 heavy (non-hydrogen) atoms. The lowest BCUT2D eigenvalue weighted by Crippen LogP contribution is -2.10. The first kappa shape index (κ1) is 10.0. The summed E-state index contributed by atoms with van der Waals surface area (Å²) in [6.07, 6.45) is 1.72. The van der Waals surface area contributed by atoms with Crippen LogP contribution in [0.3, 0.4) is 0 Å². The minimum absolute atomic E-state index is 0.00504. The van der Waals surface area contributed by atoms with Gasteiger partial charge in [0.15, 0.2) is 0 Å². The minimum atomic E-state index is 0.00504. The highest BCUT2D eigenvalue weighted by Gasteiger charge is 1.99. The summed E-state index contributed by atoms with van der Waals surface area (Å²) in [5, 5.41) is 11.6. The predicted octanol–water partition coefficient (Wildman–Crippen LogP) is 2.42. The Morgan fingerprint density at radius 1 is 1.69 bits per heavy atom. The lowest BCUT2D eigenvalue weighted by atomic mass is 10.2. The van der Waals surface area contributed by atoms with Crippen LogP contribution in [-0.2, 0) is 0 Å². The van der Waals surface area contributed by atoms with Gasteiger partial charge in [0, 0.05) is 17.2 Å². The van der Waals surface area contributed by atoms with Crippen molar-refractivity contribution in [1.82, 2.24) is 4.98 Å². The zero-order valence-electron chi connectivity index (χ0n) is 7.29. The van der Waals surface area contributed by atoms with Crippen molar-refractivity contribution in [2.45, 2.75) is 6.92 Å². The van der Waals surface area contributed by atoms with E-state index in [0.29, 0.717) is 6.54 Å². The van der Waals surface area contributed by atoms with Crippen molar-refractivity contribution in [3.8, 4) is 6.07 Å². The van der Waals surface area contributed by atoms with Crippen molar-refractivity contribution < 1.29 is 0 Å². The Bertz CT molecular complexity index is 302. The summed E-state index contributed by atoms with van der Waals surface area (Å²) < 4.78 is 0.950. The molecule has 0 fully saturated rings. The summed E-state index contributed by atoms with van der Waals surface area (Å²) in [5.41, 5.74) is 0. The number of halogens is 1. The van der Waals surface area contributed by atoms with Gasteiger partial charge >= 0.3 is 0 Å². The minimum Gasteiger partial charge on any atom is -0.369 e. The SMILES string of the molecule is CC(C#N)CNc1ccc(Br)cn1. The number of pyridine rings is 1. The van der Waals surface area contributed by atoms with Crippen LogP contribution in [0.25, 0.3) is 0 Å². The van der Waals surface area contributed by atoms with Crippen molar-refractivity contribution in [2.75, 3.05) is 11.9 Å². The Hall–Kier alpha value is -1.08. The summed E-state index contributed by atoms with van der Waals surface area (Å²) in [7, 11) is 0. The van der Waals surface area contributed by atoms with Crippen LogP contribution in [0, 0.1) is 17.2 Å². The van der Waals surface area contributed by atoms with Gasteiger partial charge in [-0.15, -0.1) is 0 Å². The van der Waals surface area contributed by atoms with E-state index in [4.69, 9.17) is 5.26 Å². The fourth-order valence-corrected chi connectivity index (χ4v) is 1.02. The van der Waals surface area contributed by atoms with E-state index in [0.717, 1.165) is 10.3 Å². The van der Waals surface area contributed by atoms with Gasteiger partial charge in [0.2, 0.25) is 0 Å². The molecule has 0 aliphatic carbocycles. The average molecular weight is 240 g/mol. The van der Waals surface area contributed by atoms with Crippen molar-refractivity contribution in [1.29, 1.82) is 5.26 Å². The number of nitrogens with one attached hydrogen (secondary N) is 1. The standard InChI is InChI=1S/C9H10BrN3/c1-7(4-11)5-12-9-3-2-8(10)6-13-9/h2-3,6-7H,5H2,1H3,(H,12,13). The molecule has 0 spiro atoms. The zero-order valence-corrected chi connectivity index (χ0v) is 8.87. The quantitative estimate of drug-likeness (QED) is 0.882. The number of nitrogens with zero attached hydrogens (tertiary/aromatic N) is 2. The van der Waals surface area contributed by atoms with E-state index in [1.807, 2.05) is 19.1 Å². The molecule has 1 rings (SSSR count). The van der Waals surface area contributed by atoms with Crippen molar-refractivity contribution in [3.05, 3.63) is 22.8 Å². The first-order valence-corrected chi connectivity index (χ1v) is 4.76. The molecule has 0 radical (unpaired) electrons. The van der Waals surface area contributed by atoms with Crippen LogP contribution >= 0.6 is 15.9 Å². The van der Waals surface area contributed by atoms with Gasteiger partial charge in [-0.3, -0.25) is 0 Å². The van der Waals surface area contributed by atoms with Crippen molar-refractivity contribution in [3.63, 3.8) is 0 Å². The van der Waals surface area contributed by atoms with Gasteiger partial charge in [0.05, 0.1) is 12.0 Å². The number of rotatable bonds is 3. The van der Waals surface area contributed by atoms with Gasteiger partial charge < -0.3 is 5.32 Å². The lowest BCUT2D eigenvalue weighted by Gasteiger charge is -2.05. The van der Waals surface area contributed by atoms with E-state index in [1.54, 1.807) is 6.20 Å². The average Bonchev–Trinajstić information content (AvgIpc) is 2.16. The first-order valence-electron chi connectivity index (χ1n) is 3.97. The zero-order chi connectivity index (χ0) is 9.68. The van der Waals surface area contributed by atoms with Crippen LogP contribution in [-0.4, -0.2) is 11.5 Å². The van der Waals surface area contributed by atoms with E-state index in [-0.39, 0.29) is 5.92 Å². The number of hydrogen-bond acceptors (Lipinski definition) is 3. The first-order chi connectivity index (χ1) is 6.22. The highest BCUT2D eigenvalue weighted by atomic mass is 79.9. The summed E-state index contributed by atoms with van der Waals surface area (Å²) in [4.78, 5) is 4.12. The number of nitriles is 1. The monoisotopic (exact) mass is 239 g/mol. The van der Waals surface area contributed by atoms with Gasteiger partial charge in [-0.05, 0) is 35.0 Å². The maximum atomic E-state index is 8.54. The Balaban J connectivity index is 2.47. The topological polar surface area (TPSA) is 48.7 Å². The predicted molar refractivity (Wildman–Crippen MR) is 55.2 cm³/mol. The lowest BCUT2D eigenvalue weighted by molar-refractivity contribution is 0.783. The third-order valence-electron chi connectivity index (χ3n) is 1.54. The molecule has 0 saturated carbocycles. The van der Waals surface area contributed by atoms with Crippen LogP contribution in [0.1, 0.15) is 6.92 Å².